The Morgan fingerprint density at radius 3 is 2.93 bits per heavy atom. The topological polar surface area (TPSA) is 49.8 Å². The number of pyridine rings is 1. The first-order valence-electron chi connectivity index (χ1n) is 4.39. The molecule has 2 aromatic heterocycles. The third kappa shape index (κ3) is 1.16. The summed E-state index contributed by atoms with van der Waals surface area (Å²) in [5.41, 5.74) is 0.966. The Labute approximate surface area is 82.0 Å². The van der Waals surface area contributed by atoms with Gasteiger partial charge in [0.2, 0.25) is 0 Å². The highest BCUT2D eigenvalue weighted by molar-refractivity contribution is 5.80. The Kier molecular flexibility index (Phi) is 1.78. The minimum absolute atomic E-state index is 0.580. The van der Waals surface area contributed by atoms with E-state index in [1.807, 2.05) is 19.9 Å². The molecule has 3 heteroatoms. The molecule has 2 heterocycles. The smallest absolute Gasteiger partial charge is 0.137 e. The fourth-order valence-electron chi connectivity index (χ4n) is 1.45. The second-order valence-electron chi connectivity index (χ2n) is 3.73. The predicted molar refractivity (Wildman–Crippen MR) is 52.6 cm³/mol. The van der Waals surface area contributed by atoms with Crippen LogP contribution in [0, 0.1) is 11.3 Å². The summed E-state index contributed by atoms with van der Waals surface area (Å²) >= 11 is 0. The van der Waals surface area contributed by atoms with Gasteiger partial charge in [0, 0.05) is 11.6 Å². The van der Waals surface area contributed by atoms with Crippen molar-refractivity contribution in [1.82, 2.24) is 4.98 Å². The van der Waals surface area contributed by atoms with Crippen molar-refractivity contribution in [2.45, 2.75) is 19.3 Å². The van der Waals surface area contributed by atoms with Crippen molar-refractivity contribution in [3.05, 3.63) is 30.3 Å². The molecule has 0 saturated heterocycles. The molecule has 2 rings (SSSR count). The van der Waals surface area contributed by atoms with Crippen LogP contribution < -0.4 is 0 Å². The molecule has 0 bridgehead atoms. The Bertz CT molecular complexity index is 505. The molecule has 0 unspecified atom stereocenters. The summed E-state index contributed by atoms with van der Waals surface area (Å²) < 4.78 is 5.25. The Balaban J connectivity index is 2.75. The molecular weight excluding hydrogens is 176 g/mol. The molecule has 3 nitrogen and oxygen atoms in total. The molecule has 0 saturated carbocycles. The summed E-state index contributed by atoms with van der Waals surface area (Å²) in [4.78, 5) is 4.24. The van der Waals surface area contributed by atoms with Crippen LogP contribution in [0.1, 0.15) is 19.5 Å². The lowest BCUT2D eigenvalue weighted by atomic mass is 9.89. The second-order valence-corrected chi connectivity index (χ2v) is 3.73. The van der Waals surface area contributed by atoms with Crippen molar-refractivity contribution in [3.8, 4) is 6.07 Å². The number of nitriles is 1. The lowest BCUT2D eigenvalue weighted by Crippen LogP contribution is -2.15. The van der Waals surface area contributed by atoms with Gasteiger partial charge < -0.3 is 4.42 Å². The maximum absolute atomic E-state index is 9.02. The van der Waals surface area contributed by atoms with Gasteiger partial charge >= 0.3 is 0 Å². The fraction of sp³-hybridized carbons (Fsp3) is 0.273. The molecule has 0 N–H and O–H groups in total. The van der Waals surface area contributed by atoms with Crippen LogP contribution in [-0.2, 0) is 5.41 Å². The summed E-state index contributed by atoms with van der Waals surface area (Å²) in [5.74, 6) is 0. The van der Waals surface area contributed by atoms with Gasteiger partial charge in [0.05, 0.1) is 23.4 Å². The highest BCUT2D eigenvalue weighted by atomic mass is 16.3. The molecule has 2 aromatic rings. The molecule has 0 spiro atoms. The molecule has 0 atom stereocenters. The summed E-state index contributed by atoms with van der Waals surface area (Å²) in [5, 5.41) is 9.94. The molecule has 14 heavy (non-hydrogen) atoms. The van der Waals surface area contributed by atoms with E-state index in [0.29, 0.717) is 0 Å². The number of fused-ring (bicyclic) bond motifs is 1. The summed E-state index contributed by atoms with van der Waals surface area (Å²) in [6.07, 6.45) is 3.28. The van der Waals surface area contributed by atoms with Gasteiger partial charge in [-0.2, -0.15) is 5.26 Å². The third-order valence-electron chi connectivity index (χ3n) is 2.25. The van der Waals surface area contributed by atoms with Crippen LogP contribution in [0.5, 0.6) is 0 Å². The van der Waals surface area contributed by atoms with E-state index < -0.39 is 5.41 Å². The first-order valence-corrected chi connectivity index (χ1v) is 4.39. The summed E-state index contributed by atoms with van der Waals surface area (Å²) in [7, 11) is 0. The quantitative estimate of drug-likeness (QED) is 0.687. The van der Waals surface area contributed by atoms with E-state index in [2.05, 4.69) is 11.1 Å². The first kappa shape index (κ1) is 8.76. The molecule has 0 radical (unpaired) electrons. The van der Waals surface area contributed by atoms with Gasteiger partial charge in [0.1, 0.15) is 5.58 Å². The van der Waals surface area contributed by atoms with Crippen molar-refractivity contribution in [2.24, 2.45) is 0 Å². The Hall–Kier alpha value is -1.82. The monoisotopic (exact) mass is 186 g/mol. The van der Waals surface area contributed by atoms with Gasteiger partial charge in [-0.15, -0.1) is 0 Å². The van der Waals surface area contributed by atoms with E-state index in [1.54, 1.807) is 18.5 Å². The van der Waals surface area contributed by atoms with Gasteiger partial charge in [-0.3, -0.25) is 4.98 Å². The van der Waals surface area contributed by atoms with E-state index in [1.165, 1.54) is 0 Å². The molecule has 0 amide bonds. The predicted octanol–water partition coefficient (Wildman–Crippen LogP) is 2.63. The van der Waals surface area contributed by atoms with E-state index in [4.69, 9.17) is 9.68 Å². The lowest BCUT2D eigenvalue weighted by Gasteiger charge is -2.14. The maximum Gasteiger partial charge on any atom is 0.137 e. The van der Waals surface area contributed by atoms with E-state index in [-0.39, 0.29) is 0 Å². The summed E-state index contributed by atoms with van der Waals surface area (Å²) in [6, 6.07) is 5.88. The van der Waals surface area contributed by atoms with Gasteiger partial charge in [0.15, 0.2) is 0 Å². The van der Waals surface area contributed by atoms with E-state index in [0.717, 1.165) is 16.7 Å². The second kappa shape index (κ2) is 2.85. The van der Waals surface area contributed by atoms with Crippen LogP contribution in [0.15, 0.2) is 29.0 Å². The fourth-order valence-corrected chi connectivity index (χ4v) is 1.45. The summed E-state index contributed by atoms with van der Waals surface area (Å²) in [6.45, 7) is 3.70. The van der Waals surface area contributed by atoms with Crippen LogP contribution >= 0.6 is 0 Å². The largest absolute Gasteiger partial charge is 0.464 e. The van der Waals surface area contributed by atoms with Crippen LogP contribution in [0.25, 0.3) is 11.0 Å². The van der Waals surface area contributed by atoms with Gasteiger partial charge in [-0.05, 0) is 26.0 Å². The van der Waals surface area contributed by atoms with E-state index >= 15 is 0 Å². The van der Waals surface area contributed by atoms with Crippen LogP contribution in [0.2, 0.25) is 0 Å². The van der Waals surface area contributed by atoms with Crippen LogP contribution in [-0.4, -0.2) is 4.98 Å². The third-order valence-corrected chi connectivity index (χ3v) is 2.25. The van der Waals surface area contributed by atoms with Crippen molar-refractivity contribution in [3.63, 3.8) is 0 Å². The van der Waals surface area contributed by atoms with Gasteiger partial charge in [-0.25, -0.2) is 0 Å². The van der Waals surface area contributed by atoms with Crippen molar-refractivity contribution >= 4 is 11.0 Å². The number of nitrogens with zero attached hydrogens (tertiary/aromatic N) is 2. The molecular formula is C11H10N2O. The van der Waals surface area contributed by atoms with Crippen LogP contribution in [0.3, 0.4) is 0 Å². The maximum atomic E-state index is 9.02. The zero-order valence-corrected chi connectivity index (χ0v) is 8.11. The van der Waals surface area contributed by atoms with Crippen molar-refractivity contribution in [2.75, 3.05) is 0 Å². The van der Waals surface area contributed by atoms with E-state index in [9.17, 15) is 0 Å². The molecule has 0 fully saturated rings. The van der Waals surface area contributed by atoms with Crippen LogP contribution in [0.4, 0.5) is 0 Å². The minimum Gasteiger partial charge on any atom is -0.464 e. The normalized spacial score (nSPS) is 11.5. The molecule has 0 aliphatic carbocycles. The Morgan fingerprint density at radius 1 is 1.43 bits per heavy atom. The molecule has 0 aliphatic rings. The Morgan fingerprint density at radius 2 is 2.21 bits per heavy atom. The number of hydrogen-bond acceptors (Lipinski definition) is 3. The van der Waals surface area contributed by atoms with Crippen molar-refractivity contribution < 1.29 is 4.42 Å². The molecule has 0 aliphatic heterocycles. The lowest BCUT2D eigenvalue weighted by molar-refractivity contribution is 0.613. The highest BCUT2D eigenvalue weighted by Gasteiger charge is 2.24. The average molecular weight is 186 g/mol. The SMILES string of the molecule is CC(C)(C#N)c1nccc2occc12. The standard InChI is InChI=1S/C11H10N2O/c1-11(2,7-12)10-8-4-6-14-9(8)3-5-13-10/h3-6H,1-2H3. The zero-order chi connectivity index (χ0) is 10.2. The first-order chi connectivity index (χ1) is 6.65. The number of furan rings is 1. The molecule has 0 aromatic carbocycles. The number of hydrogen-bond donors (Lipinski definition) is 0. The highest BCUT2D eigenvalue weighted by Crippen LogP contribution is 2.28. The number of aromatic nitrogens is 1. The number of rotatable bonds is 1. The zero-order valence-electron chi connectivity index (χ0n) is 8.11. The average Bonchev–Trinajstić information content (AvgIpc) is 2.64. The van der Waals surface area contributed by atoms with Gasteiger partial charge in [-0.1, -0.05) is 0 Å². The van der Waals surface area contributed by atoms with Crippen molar-refractivity contribution in [1.29, 1.82) is 5.26 Å². The van der Waals surface area contributed by atoms with Gasteiger partial charge in [0.25, 0.3) is 0 Å². The minimum atomic E-state index is -0.580. The molecule has 70 valence electrons.